The van der Waals surface area contributed by atoms with E-state index in [1.807, 2.05) is 0 Å². The van der Waals surface area contributed by atoms with Gasteiger partial charge in [-0.2, -0.15) is 0 Å². The highest BCUT2D eigenvalue weighted by molar-refractivity contribution is 4.97. The molecule has 3 atom stereocenters. The van der Waals surface area contributed by atoms with Crippen molar-refractivity contribution in [2.75, 3.05) is 13.2 Å². The third-order valence-electron chi connectivity index (χ3n) is 5.72. The fourth-order valence-corrected chi connectivity index (χ4v) is 4.39. The van der Waals surface area contributed by atoms with E-state index in [1.165, 1.54) is 32.1 Å². The maximum absolute atomic E-state index is 10.4. The van der Waals surface area contributed by atoms with Crippen LogP contribution in [0, 0.1) is 5.92 Å². The van der Waals surface area contributed by atoms with Crippen LogP contribution in [0.3, 0.4) is 0 Å². The number of hydrogen-bond donors (Lipinski definition) is 1. The Morgan fingerprint density at radius 3 is 2.24 bits per heavy atom. The number of hydrogen-bond acceptors (Lipinski definition) is 3. The molecule has 0 aromatic carbocycles. The second-order valence-electron chi connectivity index (χ2n) is 8.52. The molecule has 21 heavy (non-hydrogen) atoms. The Morgan fingerprint density at radius 1 is 1.10 bits per heavy atom. The van der Waals surface area contributed by atoms with Crippen molar-refractivity contribution in [3.8, 4) is 0 Å². The zero-order valence-electron chi connectivity index (χ0n) is 14.7. The third-order valence-corrected chi connectivity index (χ3v) is 5.72. The highest BCUT2D eigenvalue weighted by Crippen LogP contribution is 2.38. The molecule has 1 heterocycles. The number of nitrogens with zero attached hydrogens (tertiary/aromatic N) is 1. The lowest BCUT2D eigenvalue weighted by molar-refractivity contribution is -0.0819. The molecule has 1 saturated heterocycles. The van der Waals surface area contributed by atoms with E-state index in [9.17, 15) is 5.11 Å². The molecule has 0 aromatic heterocycles. The van der Waals surface area contributed by atoms with Crippen LogP contribution < -0.4 is 0 Å². The first-order valence-electron chi connectivity index (χ1n) is 8.80. The van der Waals surface area contributed by atoms with Crippen LogP contribution in [-0.4, -0.2) is 46.4 Å². The van der Waals surface area contributed by atoms with E-state index in [-0.39, 0.29) is 17.2 Å². The Labute approximate surface area is 131 Å². The van der Waals surface area contributed by atoms with Crippen LogP contribution in [0.1, 0.15) is 73.1 Å². The van der Waals surface area contributed by atoms with Gasteiger partial charge in [-0.3, -0.25) is 4.90 Å². The van der Waals surface area contributed by atoms with E-state index in [4.69, 9.17) is 4.74 Å². The molecule has 1 aliphatic carbocycles. The van der Waals surface area contributed by atoms with Gasteiger partial charge in [-0.1, -0.05) is 13.3 Å². The van der Waals surface area contributed by atoms with E-state index in [1.54, 1.807) is 0 Å². The first-order valence-corrected chi connectivity index (χ1v) is 8.80. The second kappa shape index (κ2) is 6.55. The maximum Gasteiger partial charge on any atom is 0.0900 e. The average molecular weight is 297 g/mol. The molecule has 3 nitrogen and oxygen atoms in total. The normalized spacial score (nSPS) is 34.0. The van der Waals surface area contributed by atoms with Gasteiger partial charge in [0.25, 0.3) is 0 Å². The Morgan fingerprint density at radius 2 is 1.71 bits per heavy atom. The van der Waals surface area contributed by atoms with Crippen molar-refractivity contribution in [1.82, 2.24) is 4.90 Å². The predicted octanol–water partition coefficient (Wildman–Crippen LogP) is 3.60. The van der Waals surface area contributed by atoms with Gasteiger partial charge in [0.2, 0.25) is 0 Å². The molecule has 0 radical (unpaired) electrons. The van der Waals surface area contributed by atoms with Crippen LogP contribution >= 0.6 is 0 Å². The van der Waals surface area contributed by atoms with E-state index >= 15 is 0 Å². The lowest BCUT2D eigenvalue weighted by Gasteiger charge is -2.53. The quantitative estimate of drug-likeness (QED) is 0.841. The fourth-order valence-electron chi connectivity index (χ4n) is 4.39. The van der Waals surface area contributed by atoms with Gasteiger partial charge in [0.05, 0.1) is 18.8 Å². The van der Waals surface area contributed by atoms with Crippen LogP contribution in [0.25, 0.3) is 0 Å². The number of aliphatic hydroxyl groups excluding tert-OH is 1. The SMILES string of the molecule is C[C@@H]1CCC[C@H]1OC[C@@H](O)CN1C(C)(C)CCCC1(C)C. The summed E-state index contributed by atoms with van der Waals surface area (Å²) in [4.78, 5) is 2.50. The molecule has 124 valence electrons. The van der Waals surface area contributed by atoms with Crippen molar-refractivity contribution in [1.29, 1.82) is 0 Å². The van der Waals surface area contributed by atoms with Gasteiger partial charge in [0.1, 0.15) is 0 Å². The summed E-state index contributed by atoms with van der Waals surface area (Å²) in [6, 6.07) is 0. The van der Waals surface area contributed by atoms with Crippen LogP contribution in [0.5, 0.6) is 0 Å². The number of β-amino-alcohol motifs (C(OH)–C–C–N with tert-alkyl or cyclic N) is 1. The lowest BCUT2D eigenvalue weighted by Crippen LogP contribution is -2.60. The summed E-state index contributed by atoms with van der Waals surface area (Å²) in [6.07, 6.45) is 7.39. The van der Waals surface area contributed by atoms with Crippen LogP contribution in [0.2, 0.25) is 0 Å². The molecule has 0 spiro atoms. The largest absolute Gasteiger partial charge is 0.389 e. The summed E-state index contributed by atoms with van der Waals surface area (Å²) >= 11 is 0. The molecular weight excluding hydrogens is 262 g/mol. The van der Waals surface area contributed by atoms with E-state index in [2.05, 4.69) is 39.5 Å². The maximum atomic E-state index is 10.4. The van der Waals surface area contributed by atoms with Crippen molar-refractivity contribution >= 4 is 0 Å². The van der Waals surface area contributed by atoms with Crippen molar-refractivity contribution < 1.29 is 9.84 Å². The van der Waals surface area contributed by atoms with Gasteiger partial charge >= 0.3 is 0 Å². The van der Waals surface area contributed by atoms with Crippen LogP contribution in [-0.2, 0) is 4.74 Å². The Kier molecular flexibility index (Phi) is 5.38. The molecule has 2 aliphatic rings. The van der Waals surface area contributed by atoms with Crippen molar-refractivity contribution in [3.63, 3.8) is 0 Å². The minimum Gasteiger partial charge on any atom is -0.389 e. The van der Waals surface area contributed by atoms with Crippen molar-refractivity contribution in [2.45, 2.75) is 96.4 Å². The Bertz CT molecular complexity index is 324. The molecule has 2 fully saturated rings. The van der Waals surface area contributed by atoms with Gasteiger partial charge in [0, 0.05) is 17.6 Å². The van der Waals surface area contributed by atoms with Crippen LogP contribution in [0.15, 0.2) is 0 Å². The van der Waals surface area contributed by atoms with E-state index in [0.29, 0.717) is 18.6 Å². The molecule has 1 N–H and O–H groups in total. The average Bonchev–Trinajstić information content (AvgIpc) is 2.77. The molecule has 3 heteroatoms. The number of aliphatic hydroxyl groups is 1. The molecule has 1 aliphatic heterocycles. The minimum atomic E-state index is -0.380. The Balaban J connectivity index is 1.86. The molecule has 0 aromatic rings. The molecule has 2 rings (SSSR count). The molecule has 0 bridgehead atoms. The van der Waals surface area contributed by atoms with Gasteiger partial charge < -0.3 is 9.84 Å². The topological polar surface area (TPSA) is 32.7 Å². The third kappa shape index (κ3) is 4.20. The van der Waals surface area contributed by atoms with E-state index < -0.39 is 0 Å². The fraction of sp³-hybridized carbons (Fsp3) is 1.00. The first kappa shape index (κ1) is 17.2. The summed E-state index contributed by atoms with van der Waals surface area (Å²) in [7, 11) is 0. The van der Waals surface area contributed by atoms with Gasteiger partial charge in [-0.05, 0) is 65.7 Å². The number of ether oxygens (including phenoxy) is 1. The number of rotatable bonds is 5. The van der Waals surface area contributed by atoms with Crippen LogP contribution in [0.4, 0.5) is 0 Å². The zero-order valence-corrected chi connectivity index (χ0v) is 14.7. The van der Waals surface area contributed by atoms with Crippen molar-refractivity contribution in [3.05, 3.63) is 0 Å². The van der Waals surface area contributed by atoms with Crippen molar-refractivity contribution in [2.24, 2.45) is 5.92 Å². The predicted molar refractivity (Wildman–Crippen MR) is 87.5 cm³/mol. The Hall–Kier alpha value is -0.120. The van der Waals surface area contributed by atoms with Gasteiger partial charge in [-0.25, -0.2) is 0 Å². The summed E-state index contributed by atoms with van der Waals surface area (Å²) in [5, 5.41) is 10.4. The molecule has 1 saturated carbocycles. The number of piperidine rings is 1. The highest BCUT2D eigenvalue weighted by Gasteiger charge is 2.41. The van der Waals surface area contributed by atoms with Gasteiger partial charge in [-0.15, -0.1) is 0 Å². The highest BCUT2D eigenvalue weighted by atomic mass is 16.5. The van der Waals surface area contributed by atoms with E-state index in [0.717, 1.165) is 13.0 Å². The lowest BCUT2D eigenvalue weighted by atomic mass is 9.79. The smallest absolute Gasteiger partial charge is 0.0900 e. The number of likely N-dealkylation sites (tertiary alicyclic amines) is 1. The van der Waals surface area contributed by atoms with Gasteiger partial charge in [0.15, 0.2) is 0 Å². The minimum absolute atomic E-state index is 0.170. The summed E-state index contributed by atoms with van der Waals surface area (Å²) in [5.74, 6) is 0.653. The molecule has 0 unspecified atom stereocenters. The second-order valence-corrected chi connectivity index (χ2v) is 8.52. The summed E-state index contributed by atoms with van der Waals surface area (Å²) < 4.78 is 5.98. The standard InChI is InChI=1S/C18H35NO2/c1-14-8-6-9-16(14)21-13-15(20)12-19-17(2,3)10-7-11-18(19,4)5/h14-16,20H,6-13H2,1-5H3/t14-,15+,16-/m1/s1. The zero-order chi connectivity index (χ0) is 15.7. The first-order chi connectivity index (χ1) is 9.72. The molecular formula is C18H35NO2. The monoisotopic (exact) mass is 297 g/mol. The summed E-state index contributed by atoms with van der Waals surface area (Å²) in [5.41, 5.74) is 0.340. The summed E-state index contributed by atoms with van der Waals surface area (Å²) in [6.45, 7) is 12.7. The molecule has 0 amide bonds.